The molecule has 2 aliphatic rings. The van der Waals surface area contributed by atoms with Gasteiger partial charge in [0.05, 0.1) is 14.7 Å². The van der Waals surface area contributed by atoms with Crippen molar-refractivity contribution in [3.05, 3.63) is 11.3 Å². The van der Waals surface area contributed by atoms with Crippen LogP contribution < -0.4 is 0 Å². The number of fused-ring (bicyclic) bond motifs is 1. The molecule has 0 aromatic rings. The standard InChI is InChI=1S/C11H20O2Si/c1-14(2,3)8-9-7-13-11-10(9)5-4-6-12-11/h8,10-11H,4-7H2,1-3H3/b9-8+. The number of rotatable bonds is 1. The Labute approximate surface area is 87.3 Å². The van der Waals surface area contributed by atoms with Crippen molar-refractivity contribution in [2.45, 2.75) is 38.8 Å². The molecule has 0 aromatic heterocycles. The molecule has 2 atom stereocenters. The van der Waals surface area contributed by atoms with Crippen LogP contribution in [-0.2, 0) is 9.47 Å². The van der Waals surface area contributed by atoms with Crippen molar-refractivity contribution in [1.29, 1.82) is 0 Å². The monoisotopic (exact) mass is 212 g/mol. The summed E-state index contributed by atoms with van der Waals surface area (Å²) in [7, 11) is -1.10. The third kappa shape index (κ3) is 2.27. The molecule has 0 N–H and O–H groups in total. The summed E-state index contributed by atoms with van der Waals surface area (Å²) in [5, 5.41) is 0. The molecule has 0 radical (unpaired) electrons. The Hall–Kier alpha value is -0.123. The summed E-state index contributed by atoms with van der Waals surface area (Å²) in [5.41, 5.74) is 4.00. The Morgan fingerprint density at radius 2 is 2.07 bits per heavy atom. The average molecular weight is 212 g/mol. The molecule has 0 saturated carbocycles. The Balaban J connectivity index is 2.11. The summed E-state index contributed by atoms with van der Waals surface area (Å²) in [6.45, 7) is 8.80. The average Bonchev–Trinajstić information content (AvgIpc) is 2.47. The minimum Gasteiger partial charge on any atom is -0.352 e. The molecule has 2 saturated heterocycles. The van der Waals surface area contributed by atoms with E-state index in [2.05, 4.69) is 25.3 Å². The Morgan fingerprint density at radius 1 is 1.29 bits per heavy atom. The molecule has 2 heterocycles. The minimum atomic E-state index is -1.10. The third-order valence-corrected chi connectivity index (χ3v) is 4.02. The van der Waals surface area contributed by atoms with Gasteiger partial charge in [-0.2, -0.15) is 0 Å². The minimum absolute atomic E-state index is 0.0753. The van der Waals surface area contributed by atoms with Gasteiger partial charge < -0.3 is 9.47 Å². The first-order valence-electron chi connectivity index (χ1n) is 5.51. The molecule has 0 aliphatic carbocycles. The summed E-state index contributed by atoms with van der Waals surface area (Å²) in [5.74, 6) is 0.565. The molecule has 0 spiro atoms. The molecule has 14 heavy (non-hydrogen) atoms. The zero-order chi connectivity index (χ0) is 10.2. The van der Waals surface area contributed by atoms with Gasteiger partial charge in [0.15, 0.2) is 6.29 Å². The fourth-order valence-electron chi connectivity index (χ4n) is 2.27. The highest BCUT2D eigenvalue weighted by Crippen LogP contribution is 2.35. The molecular formula is C11H20O2Si. The quantitative estimate of drug-likeness (QED) is 0.622. The molecule has 0 bridgehead atoms. The second-order valence-electron chi connectivity index (χ2n) is 5.38. The van der Waals surface area contributed by atoms with Crippen LogP contribution in [0.15, 0.2) is 11.3 Å². The third-order valence-electron chi connectivity index (χ3n) is 2.78. The molecule has 3 heteroatoms. The van der Waals surface area contributed by atoms with Gasteiger partial charge in [-0.3, -0.25) is 0 Å². The van der Waals surface area contributed by atoms with Crippen molar-refractivity contribution in [3.8, 4) is 0 Å². The van der Waals surface area contributed by atoms with Crippen LogP contribution in [0.2, 0.25) is 19.6 Å². The predicted molar refractivity (Wildman–Crippen MR) is 59.8 cm³/mol. The first kappa shape index (κ1) is 10.4. The van der Waals surface area contributed by atoms with E-state index >= 15 is 0 Å². The molecule has 2 nitrogen and oxygen atoms in total. The molecular weight excluding hydrogens is 192 g/mol. The lowest BCUT2D eigenvalue weighted by molar-refractivity contribution is -0.150. The van der Waals surface area contributed by atoms with E-state index in [-0.39, 0.29) is 6.29 Å². The molecule has 2 rings (SSSR count). The Bertz CT molecular complexity index is 242. The lowest BCUT2D eigenvalue weighted by Gasteiger charge is -2.25. The Kier molecular flexibility index (Phi) is 2.82. The Morgan fingerprint density at radius 3 is 2.79 bits per heavy atom. The van der Waals surface area contributed by atoms with Gasteiger partial charge in [-0.15, -0.1) is 0 Å². The van der Waals surface area contributed by atoms with Crippen molar-refractivity contribution in [2.24, 2.45) is 5.92 Å². The molecule has 0 amide bonds. The first-order chi connectivity index (χ1) is 6.56. The molecule has 2 aliphatic heterocycles. The van der Waals surface area contributed by atoms with Crippen LogP contribution in [0.1, 0.15) is 12.8 Å². The summed E-state index contributed by atoms with van der Waals surface area (Å²) < 4.78 is 11.2. The van der Waals surface area contributed by atoms with Crippen LogP contribution in [0.4, 0.5) is 0 Å². The van der Waals surface area contributed by atoms with E-state index in [9.17, 15) is 0 Å². The van der Waals surface area contributed by atoms with Gasteiger partial charge in [0.1, 0.15) is 0 Å². The van der Waals surface area contributed by atoms with E-state index in [1.54, 1.807) is 0 Å². The van der Waals surface area contributed by atoms with Crippen molar-refractivity contribution in [3.63, 3.8) is 0 Å². The van der Waals surface area contributed by atoms with Crippen molar-refractivity contribution >= 4 is 8.07 Å². The molecule has 80 valence electrons. The van der Waals surface area contributed by atoms with E-state index < -0.39 is 8.07 Å². The summed E-state index contributed by atoms with van der Waals surface area (Å²) in [6.07, 6.45) is 2.51. The van der Waals surface area contributed by atoms with E-state index in [0.29, 0.717) is 5.92 Å². The maximum absolute atomic E-state index is 5.65. The smallest absolute Gasteiger partial charge is 0.164 e. The van der Waals surface area contributed by atoms with Gasteiger partial charge in [-0.25, -0.2) is 0 Å². The zero-order valence-electron chi connectivity index (χ0n) is 9.38. The van der Waals surface area contributed by atoms with Gasteiger partial charge in [0, 0.05) is 12.5 Å². The normalized spacial score (nSPS) is 36.1. The fraction of sp³-hybridized carbons (Fsp3) is 0.818. The van der Waals surface area contributed by atoms with E-state index in [1.807, 2.05) is 0 Å². The first-order valence-corrected chi connectivity index (χ1v) is 9.09. The predicted octanol–water partition coefficient (Wildman–Crippen LogP) is 2.57. The lowest BCUT2D eigenvalue weighted by atomic mass is 9.96. The number of ether oxygens (including phenoxy) is 2. The maximum atomic E-state index is 5.65. The van der Waals surface area contributed by atoms with Crippen LogP contribution in [0.25, 0.3) is 0 Å². The van der Waals surface area contributed by atoms with Crippen LogP contribution in [0.3, 0.4) is 0 Å². The van der Waals surface area contributed by atoms with Crippen molar-refractivity contribution in [2.75, 3.05) is 13.2 Å². The SMILES string of the molecule is C[Si](C)(C)/C=C1\COC2OCCCC12. The largest absolute Gasteiger partial charge is 0.352 e. The van der Waals surface area contributed by atoms with Gasteiger partial charge in [0.25, 0.3) is 0 Å². The van der Waals surface area contributed by atoms with Crippen LogP contribution in [0, 0.1) is 5.92 Å². The number of hydrogen-bond acceptors (Lipinski definition) is 2. The van der Waals surface area contributed by atoms with Gasteiger partial charge >= 0.3 is 0 Å². The van der Waals surface area contributed by atoms with Crippen molar-refractivity contribution in [1.82, 2.24) is 0 Å². The number of hydrogen-bond donors (Lipinski definition) is 0. The van der Waals surface area contributed by atoms with E-state index in [0.717, 1.165) is 13.2 Å². The van der Waals surface area contributed by atoms with Gasteiger partial charge in [-0.1, -0.05) is 25.3 Å². The zero-order valence-corrected chi connectivity index (χ0v) is 10.4. The summed E-state index contributed by atoms with van der Waals surface area (Å²) in [6, 6.07) is 0. The van der Waals surface area contributed by atoms with E-state index in [1.165, 1.54) is 18.4 Å². The highest BCUT2D eigenvalue weighted by atomic mass is 28.3. The topological polar surface area (TPSA) is 18.5 Å². The van der Waals surface area contributed by atoms with Crippen molar-refractivity contribution < 1.29 is 9.47 Å². The molecule has 2 unspecified atom stereocenters. The highest BCUT2D eigenvalue weighted by Gasteiger charge is 2.36. The second kappa shape index (κ2) is 3.80. The van der Waals surface area contributed by atoms with Crippen LogP contribution in [0.5, 0.6) is 0 Å². The molecule has 0 aromatic carbocycles. The molecule has 2 fully saturated rings. The van der Waals surface area contributed by atoms with Gasteiger partial charge in [0.2, 0.25) is 0 Å². The van der Waals surface area contributed by atoms with Crippen LogP contribution >= 0.6 is 0 Å². The summed E-state index contributed by atoms with van der Waals surface area (Å²) in [4.78, 5) is 0. The van der Waals surface area contributed by atoms with E-state index in [4.69, 9.17) is 9.47 Å². The summed E-state index contributed by atoms with van der Waals surface area (Å²) >= 11 is 0. The van der Waals surface area contributed by atoms with Gasteiger partial charge in [-0.05, 0) is 18.4 Å². The lowest BCUT2D eigenvalue weighted by Crippen LogP contribution is -2.27. The highest BCUT2D eigenvalue weighted by molar-refractivity contribution is 6.81. The van der Waals surface area contributed by atoms with Crippen LogP contribution in [-0.4, -0.2) is 27.6 Å². The fourth-order valence-corrected chi connectivity index (χ4v) is 3.68. The maximum Gasteiger partial charge on any atom is 0.164 e. The second-order valence-corrected chi connectivity index (χ2v) is 10.4.